The smallest absolute Gasteiger partial charge is 0.338 e. The maximum atomic E-state index is 12.5. The van der Waals surface area contributed by atoms with Crippen molar-refractivity contribution in [2.24, 2.45) is 0 Å². The van der Waals surface area contributed by atoms with E-state index in [1.807, 2.05) is 36.4 Å². The maximum absolute atomic E-state index is 12.5. The van der Waals surface area contributed by atoms with Gasteiger partial charge in [0.25, 0.3) is 5.91 Å². The molecule has 0 aliphatic heterocycles. The molecule has 5 nitrogen and oxygen atoms in total. The van der Waals surface area contributed by atoms with Gasteiger partial charge < -0.3 is 9.64 Å². The number of likely N-dealkylation sites (N-methyl/N-ethyl adjacent to an activating group) is 1. The largest absolute Gasteiger partial charge is 0.449 e. The Labute approximate surface area is 175 Å². The first-order valence-electron chi connectivity index (χ1n) is 9.65. The number of rotatable bonds is 7. The Morgan fingerprint density at radius 1 is 0.767 bits per heavy atom. The van der Waals surface area contributed by atoms with Gasteiger partial charge in [0.2, 0.25) is 0 Å². The molecule has 3 aromatic rings. The highest BCUT2D eigenvalue weighted by atomic mass is 16.5. The number of carbonyl (C=O) groups excluding carboxylic acids is 3. The number of esters is 1. The van der Waals surface area contributed by atoms with Crippen molar-refractivity contribution in [1.29, 1.82) is 0 Å². The third-order valence-corrected chi connectivity index (χ3v) is 4.69. The summed E-state index contributed by atoms with van der Waals surface area (Å²) in [5.41, 5.74) is 2.33. The van der Waals surface area contributed by atoms with Crippen molar-refractivity contribution in [3.63, 3.8) is 0 Å². The molecule has 0 aromatic heterocycles. The third-order valence-electron chi connectivity index (χ3n) is 4.69. The molecule has 0 unspecified atom stereocenters. The third kappa shape index (κ3) is 5.20. The van der Waals surface area contributed by atoms with Gasteiger partial charge in [0.15, 0.2) is 11.9 Å². The Balaban J connectivity index is 1.59. The first kappa shape index (κ1) is 21.0. The van der Waals surface area contributed by atoms with E-state index < -0.39 is 12.1 Å². The van der Waals surface area contributed by atoms with Gasteiger partial charge in [-0.25, -0.2) is 4.79 Å². The molecule has 30 heavy (non-hydrogen) atoms. The number of ether oxygens (including phenoxy) is 1. The number of hydrogen-bond acceptors (Lipinski definition) is 4. The fourth-order valence-electron chi connectivity index (χ4n) is 3.04. The Morgan fingerprint density at radius 2 is 1.27 bits per heavy atom. The zero-order valence-corrected chi connectivity index (χ0v) is 16.9. The van der Waals surface area contributed by atoms with Crippen LogP contribution in [0.15, 0.2) is 84.9 Å². The Hall–Kier alpha value is -3.73. The van der Waals surface area contributed by atoms with Crippen molar-refractivity contribution < 1.29 is 19.1 Å². The molecule has 5 heteroatoms. The minimum Gasteiger partial charge on any atom is -0.449 e. The summed E-state index contributed by atoms with van der Waals surface area (Å²) in [6, 6.07) is 24.7. The molecule has 0 radical (unpaired) electrons. The summed E-state index contributed by atoms with van der Waals surface area (Å²) in [6.45, 7) is 1.98. The lowest BCUT2D eigenvalue weighted by Crippen LogP contribution is -2.37. The number of carbonyl (C=O) groups is 3. The van der Waals surface area contributed by atoms with Crippen LogP contribution in [-0.4, -0.2) is 35.7 Å². The van der Waals surface area contributed by atoms with E-state index in [1.54, 1.807) is 50.4 Å². The minimum atomic E-state index is -0.920. The molecule has 0 saturated carbocycles. The Kier molecular flexibility index (Phi) is 6.75. The zero-order valence-electron chi connectivity index (χ0n) is 16.9. The van der Waals surface area contributed by atoms with Gasteiger partial charge in [-0.05, 0) is 24.6 Å². The molecule has 3 aromatic carbocycles. The maximum Gasteiger partial charge on any atom is 0.338 e. The van der Waals surface area contributed by atoms with Gasteiger partial charge in [0.05, 0.1) is 5.56 Å². The standard InChI is InChI=1S/C25H23NO4/c1-18(24(28)26(2)17-19-9-5-3-6-10-19)30-25(29)22-15-13-21(14-16-22)23(27)20-11-7-4-8-12-20/h3-16,18H,17H2,1-2H3/t18-/m1/s1. The van der Waals surface area contributed by atoms with Crippen molar-refractivity contribution in [3.8, 4) is 0 Å². The molecule has 0 spiro atoms. The van der Waals surface area contributed by atoms with Crippen molar-refractivity contribution in [2.75, 3.05) is 7.05 Å². The number of ketones is 1. The second-order valence-electron chi connectivity index (χ2n) is 7.00. The van der Waals surface area contributed by atoms with Gasteiger partial charge in [-0.3, -0.25) is 9.59 Å². The Morgan fingerprint density at radius 3 is 1.87 bits per heavy atom. The first-order valence-corrected chi connectivity index (χ1v) is 9.65. The van der Waals surface area contributed by atoms with Crippen LogP contribution >= 0.6 is 0 Å². The second kappa shape index (κ2) is 9.65. The van der Waals surface area contributed by atoms with E-state index >= 15 is 0 Å². The van der Waals surface area contributed by atoms with Gasteiger partial charge in [-0.2, -0.15) is 0 Å². The van der Waals surface area contributed by atoms with E-state index in [0.29, 0.717) is 17.7 Å². The van der Waals surface area contributed by atoms with Crippen molar-refractivity contribution in [3.05, 3.63) is 107 Å². The van der Waals surface area contributed by atoms with Crippen LogP contribution in [0.1, 0.15) is 38.8 Å². The lowest BCUT2D eigenvalue weighted by molar-refractivity contribution is -0.139. The van der Waals surface area contributed by atoms with Crippen LogP contribution in [0.5, 0.6) is 0 Å². The fourth-order valence-corrected chi connectivity index (χ4v) is 3.04. The molecule has 3 rings (SSSR count). The molecule has 0 heterocycles. The quantitative estimate of drug-likeness (QED) is 0.441. The first-order chi connectivity index (χ1) is 14.5. The molecule has 0 fully saturated rings. The number of benzene rings is 3. The molecule has 0 saturated heterocycles. The van der Waals surface area contributed by atoms with Crippen LogP contribution in [0.4, 0.5) is 0 Å². The van der Waals surface area contributed by atoms with Gasteiger partial charge >= 0.3 is 5.97 Å². The molecule has 0 bridgehead atoms. The lowest BCUT2D eigenvalue weighted by Gasteiger charge is -2.21. The second-order valence-corrected chi connectivity index (χ2v) is 7.00. The van der Waals surface area contributed by atoms with Crippen LogP contribution in [0.25, 0.3) is 0 Å². The highest BCUT2D eigenvalue weighted by Crippen LogP contribution is 2.13. The lowest BCUT2D eigenvalue weighted by atomic mass is 10.0. The van der Waals surface area contributed by atoms with E-state index in [0.717, 1.165) is 5.56 Å². The van der Waals surface area contributed by atoms with Gasteiger partial charge in [0.1, 0.15) is 0 Å². The SMILES string of the molecule is C[C@@H](OC(=O)c1ccc(C(=O)c2ccccc2)cc1)C(=O)N(C)Cc1ccccc1. The van der Waals surface area contributed by atoms with Crippen LogP contribution in [-0.2, 0) is 16.1 Å². The summed E-state index contributed by atoms with van der Waals surface area (Å²) >= 11 is 0. The fraction of sp³-hybridized carbons (Fsp3) is 0.160. The zero-order chi connectivity index (χ0) is 21.5. The summed E-state index contributed by atoms with van der Waals surface area (Å²) in [5.74, 6) is -1.02. The van der Waals surface area contributed by atoms with E-state index in [2.05, 4.69) is 0 Å². The molecular formula is C25H23NO4. The summed E-state index contributed by atoms with van der Waals surface area (Å²) < 4.78 is 5.33. The van der Waals surface area contributed by atoms with Crippen LogP contribution in [0, 0.1) is 0 Å². The normalized spacial score (nSPS) is 11.4. The summed E-state index contributed by atoms with van der Waals surface area (Å²) in [4.78, 5) is 38.9. The highest BCUT2D eigenvalue weighted by molar-refractivity contribution is 6.09. The average Bonchev–Trinajstić information content (AvgIpc) is 2.79. The minimum absolute atomic E-state index is 0.124. The van der Waals surface area contributed by atoms with E-state index in [-0.39, 0.29) is 17.3 Å². The molecular weight excluding hydrogens is 378 g/mol. The van der Waals surface area contributed by atoms with Gasteiger partial charge in [-0.15, -0.1) is 0 Å². The summed E-state index contributed by atoms with van der Waals surface area (Å²) in [7, 11) is 1.67. The van der Waals surface area contributed by atoms with E-state index in [9.17, 15) is 14.4 Å². The van der Waals surface area contributed by atoms with Gasteiger partial charge in [-0.1, -0.05) is 72.8 Å². The molecule has 0 aliphatic rings. The number of amides is 1. The monoisotopic (exact) mass is 401 g/mol. The van der Waals surface area contributed by atoms with Crippen molar-refractivity contribution in [2.45, 2.75) is 19.6 Å². The highest BCUT2D eigenvalue weighted by Gasteiger charge is 2.22. The number of nitrogens with zero attached hydrogens (tertiary/aromatic N) is 1. The number of hydrogen-bond donors (Lipinski definition) is 0. The Bertz CT molecular complexity index is 1010. The molecule has 0 N–H and O–H groups in total. The van der Waals surface area contributed by atoms with Crippen molar-refractivity contribution in [1.82, 2.24) is 4.90 Å². The predicted octanol–water partition coefficient (Wildman–Crippen LogP) is 4.12. The molecule has 0 aliphatic carbocycles. The molecule has 152 valence electrons. The van der Waals surface area contributed by atoms with Crippen LogP contribution < -0.4 is 0 Å². The van der Waals surface area contributed by atoms with Crippen molar-refractivity contribution >= 4 is 17.7 Å². The van der Waals surface area contributed by atoms with Crippen LogP contribution in [0.3, 0.4) is 0 Å². The average molecular weight is 401 g/mol. The van der Waals surface area contributed by atoms with Gasteiger partial charge in [0, 0.05) is 24.7 Å². The van der Waals surface area contributed by atoms with E-state index in [1.165, 1.54) is 17.0 Å². The predicted molar refractivity (Wildman–Crippen MR) is 114 cm³/mol. The summed E-state index contributed by atoms with van der Waals surface area (Å²) in [6.07, 6.45) is -0.920. The van der Waals surface area contributed by atoms with Crippen LogP contribution in [0.2, 0.25) is 0 Å². The topological polar surface area (TPSA) is 63.7 Å². The molecule has 1 amide bonds. The van der Waals surface area contributed by atoms with E-state index in [4.69, 9.17) is 4.74 Å². The summed E-state index contributed by atoms with van der Waals surface area (Å²) in [5, 5.41) is 0. The molecule has 1 atom stereocenters.